The Balaban J connectivity index is 1.27. The van der Waals surface area contributed by atoms with Crippen molar-refractivity contribution in [1.82, 2.24) is 15.1 Å². The summed E-state index contributed by atoms with van der Waals surface area (Å²) in [5, 5.41) is 38.5. The molecule has 3 aromatic carbocycles. The molecular weight excluding hydrogens is 731 g/mol. The summed E-state index contributed by atoms with van der Waals surface area (Å²) in [6, 6.07) is 3.98. The van der Waals surface area contributed by atoms with Gasteiger partial charge in [0.2, 0.25) is 6.79 Å². The normalized spacial score (nSPS) is 32.4. The van der Waals surface area contributed by atoms with Crippen LogP contribution in [0.5, 0.6) is 40.2 Å². The summed E-state index contributed by atoms with van der Waals surface area (Å²) in [5.41, 5.74) is 3.40. The SMILES string of the molecule is COc1cc2c(cc1O)CCN[C@]21CS[C@@H]2c3c(OC(C)=O)c(C)c4c(c3C3(CC3OC1=O)N1C2C2c3c(cc(C)c(OC)c3O)CC([C@@H]1O)N2C)OCO4. The van der Waals surface area contributed by atoms with Gasteiger partial charge in [-0.2, -0.15) is 0 Å². The number of thioether (sulfide) groups is 1. The maximum atomic E-state index is 14.9. The first kappa shape index (κ1) is 35.0. The van der Waals surface area contributed by atoms with E-state index in [1.165, 1.54) is 25.8 Å². The number of carbonyl (C=O) groups is 2. The molecule has 7 heterocycles. The van der Waals surface area contributed by atoms with Crippen LogP contribution in [0.1, 0.15) is 69.1 Å². The molecule has 7 aliphatic heterocycles. The quantitative estimate of drug-likeness (QED) is 0.226. The molecule has 15 heteroatoms. The molecule has 3 aromatic rings. The number of aromatic hydroxyl groups is 2. The lowest BCUT2D eigenvalue weighted by Gasteiger charge is -2.62. The highest BCUT2D eigenvalue weighted by molar-refractivity contribution is 7.99. The Kier molecular flexibility index (Phi) is 7.52. The lowest BCUT2D eigenvalue weighted by atomic mass is 9.72. The van der Waals surface area contributed by atoms with Gasteiger partial charge >= 0.3 is 11.9 Å². The number of benzene rings is 3. The number of hydrogen-bond donors (Lipinski definition) is 4. The maximum absolute atomic E-state index is 14.9. The molecule has 1 saturated carbocycles. The van der Waals surface area contributed by atoms with Gasteiger partial charge in [0, 0.05) is 53.9 Å². The van der Waals surface area contributed by atoms with Gasteiger partial charge in [0.25, 0.3) is 0 Å². The number of aryl methyl sites for hydroxylation is 1. The van der Waals surface area contributed by atoms with Gasteiger partial charge in [-0.15, -0.1) is 11.8 Å². The Morgan fingerprint density at radius 3 is 2.58 bits per heavy atom. The third-order valence-electron chi connectivity index (χ3n) is 13.1. The average Bonchev–Trinajstić information content (AvgIpc) is 3.59. The molecule has 0 aromatic heterocycles. The highest BCUT2D eigenvalue weighted by Gasteiger charge is 2.75. The fraction of sp³-hybridized carbons (Fsp3) is 0.500. The topological polar surface area (TPSA) is 169 Å². The Morgan fingerprint density at radius 2 is 1.84 bits per heavy atom. The zero-order chi connectivity index (χ0) is 38.5. The van der Waals surface area contributed by atoms with Crippen molar-refractivity contribution < 1.29 is 53.3 Å². The van der Waals surface area contributed by atoms with Gasteiger partial charge in [-0.3, -0.25) is 19.9 Å². The van der Waals surface area contributed by atoms with Crippen molar-refractivity contribution in [3.63, 3.8) is 0 Å². The first-order chi connectivity index (χ1) is 26.4. The van der Waals surface area contributed by atoms with Crippen LogP contribution in [0.25, 0.3) is 0 Å². The average molecular weight is 774 g/mol. The van der Waals surface area contributed by atoms with Crippen LogP contribution in [0.3, 0.4) is 0 Å². The number of rotatable bonds is 3. The number of esters is 2. The number of likely N-dealkylation sites (N-methyl/N-ethyl adjacent to an activating group) is 1. The van der Waals surface area contributed by atoms with Gasteiger partial charge in [-0.05, 0) is 68.1 Å². The standard InChI is InChI=1S/C40H43N3O11S/c1-16-9-20-10-22-37(47)43-30(29(42(22)4)26(20)31(46)32(16)50-6)36-27-28(35-34(51-15-52-35)17(2)33(27)53-18(3)44)40(43)13-25(40)54-38(48)39(14-55-36)21-12-24(49-5)23(45)11-19(21)7-8-41-39/h9,11-12,22,25,29-30,36-37,41,45-47H,7-8,10,13-15H2,1-6H3/t22?,25?,29?,30?,36-,37+,39-,40?/m1/s1. The Labute approximate surface area is 321 Å². The van der Waals surface area contributed by atoms with Crippen LogP contribution in [0, 0.1) is 13.8 Å². The van der Waals surface area contributed by atoms with Crippen molar-refractivity contribution >= 4 is 23.7 Å². The van der Waals surface area contributed by atoms with Gasteiger partial charge in [-0.25, -0.2) is 4.79 Å². The molecule has 2 spiro atoms. The van der Waals surface area contributed by atoms with Crippen molar-refractivity contribution in [2.24, 2.45) is 0 Å². The third kappa shape index (κ3) is 4.41. The van der Waals surface area contributed by atoms with Gasteiger partial charge in [0.1, 0.15) is 18.1 Å². The fourth-order valence-electron chi connectivity index (χ4n) is 10.8. The smallest absolute Gasteiger partial charge is 0.332 e. The summed E-state index contributed by atoms with van der Waals surface area (Å²) in [5.74, 6) is 1.10. The molecule has 4 bridgehead atoms. The monoisotopic (exact) mass is 773 g/mol. The van der Waals surface area contributed by atoms with E-state index in [-0.39, 0.29) is 35.8 Å². The van der Waals surface area contributed by atoms with Gasteiger partial charge in [0.05, 0.1) is 37.1 Å². The number of phenolic OH excluding ortho intramolecular Hbond substituents is 2. The summed E-state index contributed by atoms with van der Waals surface area (Å²) in [4.78, 5) is 32.2. The third-order valence-corrected chi connectivity index (χ3v) is 14.6. The molecule has 290 valence electrons. The molecule has 8 aliphatic rings. The van der Waals surface area contributed by atoms with Crippen molar-refractivity contribution in [2.45, 2.75) is 86.8 Å². The molecule has 5 unspecified atom stereocenters. The minimum absolute atomic E-state index is 0.0169. The number of nitrogens with one attached hydrogen (secondary N) is 1. The number of phenols is 2. The number of hydrogen-bond acceptors (Lipinski definition) is 15. The van der Waals surface area contributed by atoms with Crippen LogP contribution in [0.4, 0.5) is 0 Å². The first-order valence-electron chi connectivity index (χ1n) is 18.6. The van der Waals surface area contributed by atoms with Crippen LogP contribution in [0.15, 0.2) is 18.2 Å². The molecule has 2 saturated heterocycles. The van der Waals surface area contributed by atoms with Crippen LogP contribution >= 0.6 is 11.8 Å². The van der Waals surface area contributed by atoms with Crippen molar-refractivity contribution in [3.05, 3.63) is 62.7 Å². The molecule has 0 amide bonds. The van der Waals surface area contributed by atoms with Crippen LogP contribution in [-0.2, 0) is 38.2 Å². The molecular formula is C40H43N3O11S. The number of aliphatic hydroxyl groups is 1. The lowest BCUT2D eigenvalue weighted by Crippen LogP contribution is -2.72. The van der Waals surface area contributed by atoms with Crippen LogP contribution < -0.4 is 29.0 Å². The highest BCUT2D eigenvalue weighted by Crippen LogP contribution is 2.72. The predicted molar refractivity (Wildman–Crippen MR) is 197 cm³/mol. The van der Waals surface area contributed by atoms with E-state index in [4.69, 9.17) is 28.4 Å². The summed E-state index contributed by atoms with van der Waals surface area (Å²) in [6.07, 6.45) is -0.446. The zero-order valence-electron chi connectivity index (χ0n) is 31.3. The number of carbonyl (C=O) groups excluding carboxylic acids is 2. The van der Waals surface area contributed by atoms with E-state index >= 15 is 0 Å². The number of methoxy groups -OCH3 is 2. The number of ether oxygens (including phenoxy) is 6. The van der Waals surface area contributed by atoms with Crippen molar-refractivity contribution in [3.8, 4) is 40.2 Å². The van der Waals surface area contributed by atoms with E-state index in [0.29, 0.717) is 76.6 Å². The van der Waals surface area contributed by atoms with E-state index < -0.39 is 52.7 Å². The summed E-state index contributed by atoms with van der Waals surface area (Å²) >= 11 is 1.48. The molecule has 0 radical (unpaired) electrons. The molecule has 8 atom stereocenters. The maximum Gasteiger partial charge on any atom is 0.332 e. The van der Waals surface area contributed by atoms with Gasteiger partial charge < -0.3 is 43.7 Å². The van der Waals surface area contributed by atoms with Crippen LogP contribution in [-0.4, -0.2) is 102 Å². The summed E-state index contributed by atoms with van der Waals surface area (Å²) < 4.78 is 36.5. The minimum atomic E-state index is -1.35. The van der Waals surface area contributed by atoms with Crippen molar-refractivity contribution in [2.75, 3.05) is 40.4 Å². The number of fused-ring (bicyclic) bond motifs is 8. The fourth-order valence-corrected chi connectivity index (χ4v) is 12.5. The van der Waals surface area contributed by atoms with E-state index in [1.54, 1.807) is 19.2 Å². The Morgan fingerprint density at radius 1 is 1.05 bits per heavy atom. The van der Waals surface area contributed by atoms with Gasteiger partial charge in [-0.1, -0.05) is 6.07 Å². The first-order valence-corrected chi connectivity index (χ1v) is 19.6. The zero-order valence-corrected chi connectivity index (χ0v) is 32.2. The predicted octanol–water partition coefficient (Wildman–Crippen LogP) is 3.34. The largest absolute Gasteiger partial charge is 0.504 e. The number of aliphatic hydroxyl groups excluding tert-OH is 1. The Hall–Kier alpha value is -4.41. The summed E-state index contributed by atoms with van der Waals surface area (Å²) in [7, 11) is 4.99. The van der Waals surface area contributed by atoms with E-state index in [2.05, 4.69) is 15.1 Å². The molecule has 11 rings (SSSR count). The second kappa shape index (κ2) is 11.8. The number of piperazine rings is 1. The van der Waals surface area contributed by atoms with Crippen LogP contribution in [0.2, 0.25) is 0 Å². The lowest BCUT2D eigenvalue weighted by molar-refractivity contribution is -0.190. The molecule has 55 heavy (non-hydrogen) atoms. The molecule has 14 nitrogen and oxygen atoms in total. The highest BCUT2D eigenvalue weighted by atomic mass is 32.2. The number of nitrogens with zero attached hydrogens (tertiary/aromatic N) is 2. The second-order valence-electron chi connectivity index (χ2n) is 15.8. The second-order valence-corrected chi connectivity index (χ2v) is 16.9. The van der Waals surface area contributed by atoms with E-state index in [0.717, 1.165) is 16.7 Å². The van der Waals surface area contributed by atoms with E-state index in [1.807, 2.05) is 27.0 Å². The molecule has 3 fully saturated rings. The Bertz CT molecular complexity index is 2230. The van der Waals surface area contributed by atoms with Crippen molar-refractivity contribution in [1.29, 1.82) is 0 Å². The minimum Gasteiger partial charge on any atom is -0.504 e. The van der Waals surface area contributed by atoms with E-state index in [9.17, 15) is 24.9 Å². The molecule has 1 aliphatic carbocycles. The van der Waals surface area contributed by atoms with Gasteiger partial charge in [0.15, 0.2) is 40.0 Å². The molecule has 4 N–H and O–H groups in total. The summed E-state index contributed by atoms with van der Waals surface area (Å²) in [6.45, 7) is 5.50.